The molecule has 2 aromatic rings. The Morgan fingerprint density at radius 2 is 1.32 bits per heavy atom. The third-order valence-corrected chi connectivity index (χ3v) is 7.70. The molecule has 246 valence electrons. The highest BCUT2D eigenvalue weighted by Gasteiger charge is 2.35. The van der Waals surface area contributed by atoms with Gasteiger partial charge in [-0.15, -0.1) is 0 Å². The molecule has 2 aromatic carbocycles. The van der Waals surface area contributed by atoms with E-state index >= 15 is 0 Å². The number of likely N-dealkylation sites (tertiary alicyclic amines) is 1. The third-order valence-electron chi connectivity index (χ3n) is 7.70. The molecule has 1 N–H and O–H groups in total. The largest absolute Gasteiger partial charge is 0.497 e. The fourth-order valence-corrected chi connectivity index (χ4v) is 5.50. The van der Waals surface area contributed by atoms with Crippen molar-refractivity contribution in [3.63, 3.8) is 0 Å². The minimum Gasteiger partial charge on any atom is -0.497 e. The molecule has 9 heteroatoms. The Bertz CT molecular complexity index is 1090. The number of rotatable bonds is 12. The maximum Gasteiger partial charge on any atom is 0.408 e. The summed E-state index contributed by atoms with van der Waals surface area (Å²) in [6, 6.07) is 17.0. The smallest absolute Gasteiger partial charge is 0.408 e. The number of nitrogens with zero attached hydrogens (tertiary/aromatic N) is 1. The molecule has 1 amide bonds. The highest BCUT2D eigenvalue weighted by atomic mass is 19.1. The lowest BCUT2D eigenvalue weighted by molar-refractivity contribution is -0.933. The summed E-state index contributed by atoms with van der Waals surface area (Å²) < 4.78 is 33.6. The molecule has 1 fully saturated rings. The van der Waals surface area contributed by atoms with E-state index in [1.807, 2.05) is 45.0 Å². The first-order chi connectivity index (χ1) is 20.7. The number of alkyl carbamates (subject to hydrolysis) is 1. The first-order valence-electron chi connectivity index (χ1n) is 15.6. The first-order valence-corrected chi connectivity index (χ1v) is 15.6. The van der Waals surface area contributed by atoms with Crippen molar-refractivity contribution in [1.29, 1.82) is 0 Å². The number of alkyl halides is 1. The topological polar surface area (TPSA) is 83.1 Å². The summed E-state index contributed by atoms with van der Waals surface area (Å²) in [4.78, 5) is 22.7. The van der Waals surface area contributed by atoms with Crippen molar-refractivity contribution in [3.8, 4) is 11.5 Å². The summed E-state index contributed by atoms with van der Waals surface area (Å²) >= 11 is 0. The number of nitrogens with one attached hydrogen (secondary N) is 1. The Morgan fingerprint density at radius 1 is 0.841 bits per heavy atom. The number of piperidine rings is 1. The van der Waals surface area contributed by atoms with Gasteiger partial charge < -0.3 is 28.7 Å². The van der Waals surface area contributed by atoms with Gasteiger partial charge in [0.25, 0.3) is 0 Å². The van der Waals surface area contributed by atoms with Crippen LogP contribution in [-0.2, 0) is 27.1 Å². The minimum absolute atomic E-state index is 0.149. The zero-order valence-corrected chi connectivity index (χ0v) is 28.0. The summed E-state index contributed by atoms with van der Waals surface area (Å²) in [5.74, 6) is 0.957. The van der Waals surface area contributed by atoms with Gasteiger partial charge in [-0.3, -0.25) is 0 Å². The van der Waals surface area contributed by atoms with Gasteiger partial charge in [0.15, 0.2) is 0 Å². The second-order valence-electron chi connectivity index (χ2n) is 13.0. The monoisotopic (exact) mass is 617 g/mol. The molecular formula is C35H54FN2O6+. The van der Waals surface area contributed by atoms with Crippen molar-refractivity contribution in [2.75, 3.05) is 47.5 Å². The van der Waals surface area contributed by atoms with Crippen molar-refractivity contribution in [1.82, 2.24) is 5.32 Å². The third kappa shape index (κ3) is 13.5. The molecule has 1 atom stereocenters. The van der Waals surface area contributed by atoms with Crippen LogP contribution in [-0.4, -0.2) is 81.4 Å². The Morgan fingerprint density at radius 3 is 1.68 bits per heavy atom. The highest BCUT2D eigenvalue weighted by molar-refractivity contribution is 5.78. The summed E-state index contributed by atoms with van der Waals surface area (Å²) in [6.07, 6.45) is 6.16. The average molecular weight is 618 g/mol. The maximum atomic E-state index is 12.5. The van der Waals surface area contributed by atoms with Crippen molar-refractivity contribution in [2.24, 2.45) is 0 Å². The van der Waals surface area contributed by atoms with Crippen LogP contribution in [0.15, 0.2) is 48.5 Å². The summed E-state index contributed by atoms with van der Waals surface area (Å²) in [6.45, 7) is 12.4. The number of hydrogen-bond acceptors (Lipinski definition) is 6. The molecule has 8 nitrogen and oxygen atoms in total. The summed E-state index contributed by atoms with van der Waals surface area (Å²) in [7, 11) is 4.56. The molecule has 1 saturated heterocycles. The maximum absolute atomic E-state index is 12.5. The standard InChI is InChI=1S/C30H44N2O4.C5H9FO2/c1-30(2,3)36-29(33)31-26-11-8-22-32(23-26,20-6-9-24-12-16-27(34-4)17-13-24)21-7-10-25-14-18-28(35-5)19-15-25;1-5(2,6)4(7)8-3/h12-19,26H,6-11,20-23H2,1-5H3;1-3H3/p+1. The molecule has 1 heterocycles. The number of carbonyl (C=O) groups excluding carboxylic acids is 2. The number of ether oxygens (including phenoxy) is 4. The molecule has 3 rings (SSSR count). The fourth-order valence-electron chi connectivity index (χ4n) is 5.50. The lowest BCUT2D eigenvalue weighted by Crippen LogP contribution is -2.60. The van der Waals surface area contributed by atoms with E-state index in [-0.39, 0.29) is 12.1 Å². The zero-order chi connectivity index (χ0) is 32.8. The number of amides is 1. The van der Waals surface area contributed by atoms with Gasteiger partial charge in [0.05, 0.1) is 53.6 Å². The van der Waals surface area contributed by atoms with Crippen LogP contribution < -0.4 is 14.8 Å². The lowest BCUT2D eigenvalue weighted by Gasteiger charge is -2.45. The predicted molar refractivity (Wildman–Crippen MR) is 172 cm³/mol. The van der Waals surface area contributed by atoms with E-state index in [0.29, 0.717) is 0 Å². The molecule has 0 aliphatic carbocycles. The van der Waals surface area contributed by atoms with Crippen LogP contribution in [0.4, 0.5) is 9.18 Å². The second kappa shape index (κ2) is 17.2. The molecular weight excluding hydrogens is 563 g/mol. The number of methoxy groups -OCH3 is 3. The van der Waals surface area contributed by atoms with Crippen molar-refractivity contribution in [3.05, 3.63) is 59.7 Å². The van der Waals surface area contributed by atoms with Gasteiger partial charge in [-0.2, -0.15) is 0 Å². The number of aryl methyl sites for hydroxylation is 2. The summed E-state index contributed by atoms with van der Waals surface area (Å²) in [5, 5.41) is 3.17. The molecule has 1 unspecified atom stereocenters. The predicted octanol–water partition coefficient (Wildman–Crippen LogP) is 6.68. The van der Waals surface area contributed by atoms with Crippen LogP contribution in [0.3, 0.4) is 0 Å². The van der Waals surface area contributed by atoms with Gasteiger partial charge in [0, 0.05) is 12.8 Å². The highest BCUT2D eigenvalue weighted by Crippen LogP contribution is 2.24. The Balaban J connectivity index is 0.000000742. The number of halogens is 1. The average Bonchev–Trinajstić information content (AvgIpc) is 2.96. The van der Waals surface area contributed by atoms with Gasteiger partial charge in [-0.25, -0.2) is 14.0 Å². The Labute approximate surface area is 263 Å². The minimum atomic E-state index is -1.85. The molecule has 0 saturated carbocycles. The first kappa shape index (κ1) is 36.9. The van der Waals surface area contributed by atoms with Crippen LogP contribution in [0.25, 0.3) is 0 Å². The number of quaternary nitrogens is 1. The van der Waals surface area contributed by atoms with Gasteiger partial charge in [-0.1, -0.05) is 24.3 Å². The van der Waals surface area contributed by atoms with Gasteiger partial charge in [-0.05, 0) is 95.7 Å². The van der Waals surface area contributed by atoms with Gasteiger partial charge in [0.2, 0.25) is 5.67 Å². The van der Waals surface area contributed by atoms with Crippen LogP contribution in [0.2, 0.25) is 0 Å². The normalized spacial score (nSPS) is 16.2. The molecule has 0 radical (unpaired) electrons. The molecule has 1 aliphatic rings. The molecule has 0 aromatic heterocycles. The van der Waals surface area contributed by atoms with Crippen LogP contribution in [0, 0.1) is 0 Å². The van der Waals surface area contributed by atoms with Gasteiger partial charge in [0.1, 0.15) is 17.1 Å². The number of hydrogen-bond donors (Lipinski definition) is 1. The van der Waals surface area contributed by atoms with Crippen molar-refractivity contribution in [2.45, 2.75) is 90.5 Å². The Kier molecular flexibility index (Phi) is 14.4. The number of carbonyl (C=O) groups is 2. The van der Waals surface area contributed by atoms with Crippen LogP contribution >= 0.6 is 0 Å². The second-order valence-corrected chi connectivity index (χ2v) is 13.0. The summed E-state index contributed by atoms with van der Waals surface area (Å²) in [5.41, 5.74) is 0.344. The lowest BCUT2D eigenvalue weighted by atomic mass is 9.99. The van der Waals surface area contributed by atoms with E-state index in [1.165, 1.54) is 11.1 Å². The van der Waals surface area contributed by atoms with Crippen LogP contribution in [0.1, 0.15) is 71.4 Å². The van der Waals surface area contributed by atoms with Crippen LogP contribution in [0.5, 0.6) is 11.5 Å². The quantitative estimate of drug-likeness (QED) is 0.211. The fraction of sp³-hybridized carbons (Fsp3) is 0.600. The van der Waals surface area contributed by atoms with Gasteiger partial charge >= 0.3 is 12.1 Å². The van der Waals surface area contributed by atoms with E-state index in [0.717, 1.165) is 102 Å². The molecule has 44 heavy (non-hydrogen) atoms. The SMILES string of the molecule is COC(=O)C(C)(C)F.COc1ccc(CCC[N+]2(CCCc3ccc(OC)cc3)CCCC(NC(=O)OC(C)(C)C)C2)cc1. The van der Waals surface area contributed by atoms with E-state index in [9.17, 15) is 14.0 Å². The van der Waals surface area contributed by atoms with Crippen molar-refractivity contribution < 1.29 is 37.4 Å². The van der Waals surface area contributed by atoms with E-state index in [4.69, 9.17) is 14.2 Å². The van der Waals surface area contributed by atoms with E-state index < -0.39 is 17.2 Å². The zero-order valence-electron chi connectivity index (χ0n) is 28.0. The molecule has 1 aliphatic heterocycles. The number of benzene rings is 2. The Hall–Kier alpha value is -3.33. The molecule has 0 bridgehead atoms. The van der Waals surface area contributed by atoms with E-state index in [1.54, 1.807) is 14.2 Å². The molecule has 0 spiro atoms. The van der Waals surface area contributed by atoms with E-state index in [2.05, 4.69) is 34.3 Å². The van der Waals surface area contributed by atoms with Crippen molar-refractivity contribution >= 4 is 12.1 Å². The number of esters is 1.